The van der Waals surface area contributed by atoms with E-state index < -0.39 is 247 Å². The van der Waals surface area contributed by atoms with Gasteiger partial charge in [0, 0.05) is 14.2 Å². The third-order valence-corrected chi connectivity index (χ3v) is 15.6. The number of carbonyl (C=O) groups excluding carboxylic acids is 8. The summed E-state index contributed by atoms with van der Waals surface area (Å²) >= 11 is 0. The van der Waals surface area contributed by atoms with E-state index in [4.69, 9.17) is 131 Å². The van der Waals surface area contributed by atoms with Gasteiger partial charge in [-0.25, -0.2) is 0 Å². The van der Waals surface area contributed by atoms with Gasteiger partial charge in [-0.3, -0.25) is 38.4 Å². The average Bonchev–Trinajstić information content (AvgIpc) is 0.774. The van der Waals surface area contributed by atoms with Crippen molar-refractivity contribution in [2.75, 3.05) is 14.2 Å². The van der Waals surface area contributed by atoms with Crippen LogP contribution < -0.4 is 0 Å². The molecule has 8 fully saturated rings. The second-order valence-corrected chi connectivity index (χ2v) is 21.7. The Labute approximate surface area is 583 Å². The minimum Gasteiger partial charge on any atom is -0.435 e. The first-order valence-corrected chi connectivity index (χ1v) is 28.9. The number of aliphatic hydroxyl groups is 20. The highest BCUT2D eigenvalue weighted by atomic mass is 16.9. The zero-order chi connectivity index (χ0) is 75.0. The van der Waals surface area contributed by atoms with Gasteiger partial charge >= 0.3 is 0 Å². The zero-order valence-electron chi connectivity index (χ0n) is 51.3. The Morgan fingerprint density at radius 3 is 0.567 bits per heavy atom. The monoisotopic (exact) mass is 1540 g/mol. The topological polar surface area (TPSA) is 753 Å². The van der Waals surface area contributed by atoms with Crippen LogP contribution in [-0.2, 0) is 147 Å². The molecule has 0 aliphatic carbocycles. The van der Waals surface area contributed by atoms with Crippen molar-refractivity contribution in [3.63, 3.8) is 0 Å². The maximum Gasteiger partial charge on any atom is 0.295 e. The van der Waals surface area contributed by atoms with E-state index >= 15 is 0 Å². The summed E-state index contributed by atoms with van der Waals surface area (Å²) < 4.78 is 116. The van der Waals surface area contributed by atoms with E-state index in [0.717, 1.165) is 14.2 Å². The molecule has 8 aliphatic rings. The molecule has 8 saturated heterocycles. The first-order valence-electron chi connectivity index (χ1n) is 28.9. The summed E-state index contributed by atoms with van der Waals surface area (Å²) in [6.07, 6.45) is -79.0. The third kappa shape index (κ3) is 21.4. The normalized spacial score (nSPS) is 46.2. The molecule has 0 amide bonds. The quantitative estimate of drug-likeness (QED) is 0.0255. The summed E-state index contributed by atoms with van der Waals surface area (Å²) in [5.41, 5.74) is 0. The Kier molecular flexibility index (Phi) is 38.1. The van der Waals surface area contributed by atoms with Gasteiger partial charge in [-0.1, -0.05) is 22.3 Å². The van der Waals surface area contributed by atoms with E-state index in [1.165, 1.54) is 0 Å². The van der Waals surface area contributed by atoms with E-state index in [2.05, 4.69) is 18.9 Å². The van der Waals surface area contributed by atoms with Crippen LogP contribution in [-0.4, -0.2) is 415 Å². The summed E-state index contributed by atoms with van der Waals surface area (Å²) in [7, 11) is 2.15. The van der Waals surface area contributed by atoms with Crippen LogP contribution in [0.25, 0.3) is 0 Å². The van der Waals surface area contributed by atoms with Gasteiger partial charge in [0.05, 0.1) is 0 Å². The number of hydrogen-bond donors (Lipinski definition) is 20. The van der Waals surface area contributed by atoms with Crippen LogP contribution in [0.3, 0.4) is 0 Å². The lowest BCUT2D eigenvalue weighted by Gasteiger charge is -2.48. The molecule has 20 N–H and O–H groups in total. The molecule has 8 rings (SSSR count). The van der Waals surface area contributed by atoms with Crippen molar-refractivity contribution in [1.82, 2.24) is 0 Å². The molecule has 0 spiro atoms. The molecule has 0 aromatic heterocycles. The van der Waals surface area contributed by atoms with E-state index in [0.29, 0.717) is 0 Å². The summed E-state index contributed by atoms with van der Waals surface area (Å²) in [5.74, 6) is 0. The highest BCUT2D eigenvalue weighted by molar-refractivity contribution is 5.39. The highest BCUT2D eigenvalue weighted by Gasteiger charge is 2.60. The van der Waals surface area contributed by atoms with Crippen LogP contribution in [0, 0.1) is 0 Å². The first kappa shape index (κ1) is 92.6. The molecule has 104 heavy (non-hydrogen) atoms. The second-order valence-electron chi connectivity index (χ2n) is 21.7. The van der Waals surface area contributed by atoms with E-state index in [1.807, 2.05) is 0 Å². The number of carbonyl (C=O) groups is 8. The standard InChI is InChI=1S/C38H54O37.2C6H10O7.3CH4/c1-57-21-9(45)16(52)28(71-33(21)59-3-39)66-23-11(47)18(54)30(73-35(23)61-5-41)68-25-13(49)20(56)32(75-37(25)63-7-43)69-26-14(50)19(55)31(74-38(26)64-8-44)67-24-12(48)17(53)29(72-36(24)62-6-42)65-22-10(46)15(51)27(58-2)70-34(22)60-4-40;2*7-1-12-6-4(10)2(8)3(9)5(11)13-6;;;/h3-38,45-56H,1-2H3;2*1-6,8-11H;3*1H4/t9-,10?,11?,12-,13+,14?,15?,16?,17?,18?,19?,20?,21-,22-,23-,24-,25-,26-,27+,28+,29+,30+,31+,32+,33?,34+,35+,36?,37?,38+;2-,3?,4+,5-,6?;2-,3?,4-,5?,6?;;;/m010.../s1. The molecule has 0 aromatic rings. The molecule has 8 aliphatic heterocycles. The second kappa shape index (κ2) is 42.8. The van der Waals surface area contributed by atoms with Crippen LogP contribution in [0.1, 0.15) is 22.3 Å². The van der Waals surface area contributed by atoms with Crippen molar-refractivity contribution in [3.8, 4) is 0 Å². The molecular formula is C53H86O51. The van der Waals surface area contributed by atoms with Crippen LogP contribution in [0.5, 0.6) is 0 Å². The lowest BCUT2D eigenvalue weighted by atomic mass is 9.99. The van der Waals surface area contributed by atoms with Crippen LogP contribution in [0.4, 0.5) is 0 Å². The lowest BCUT2D eigenvalue weighted by molar-refractivity contribution is -0.429. The predicted molar refractivity (Wildman–Crippen MR) is 301 cm³/mol. The van der Waals surface area contributed by atoms with Crippen LogP contribution in [0.15, 0.2) is 0 Å². The Bertz CT molecular complexity index is 2510. The van der Waals surface area contributed by atoms with Gasteiger partial charge in [0.15, 0.2) is 80.8 Å². The summed E-state index contributed by atoms with van der Waals surface area (Å²) in [4.78, 5) is 88.3. The van der Waals surface area contributed by atoms with Gasteiger partial charge in [0.2, 0.25) is 50.3 Å². The fraction of sp³-hybridized carbons (Fsp3) is 0.849. The van der Waals surface area contributed by atoms with Crippen molar-refractivity contribution in [1.29, 1.82) is 0 Å². The summed E-state index contributed by atoms with van der Waals surface area (Å²) in [6.45, 7) is -1.22. The Hall–Kier alpha value is -5.64. The van der Waals surface area contributed by atoms with Gasteiger partial charge in [0.1, 0.15) is 116 Å². The number of aliphatic hydroxyl groups excluding tert-OH is 20. The number of ether oxygens (including phenoxy) is 23. The van der Waals surface area contributed by atoms with E-state index in [-0.39, 0.29) is 74.1 Å². The average molecular weight is 1540 g/mol. The number of hydrogen-bond acceptors (Lipinski definition) is 51. The van der Waals surface area contributed by atoms with E-state index in [9.17, 15) is 99.6 Å². The summed E-state index contributed by atoms with van der Waals surface area (Å²) in [6, 6.07) is 0. The SMILES string of the molecule is C.C.C.CO[C@@H]1O[C@@H](OC=O)[C@@H](O[C@@H]2OC(OC=O)[C@@H](O[C@@H]3O[C@@H](OC=O)[C@@H](O[C@@H]4OC(OC=O)[C@@H](O[C@@H]5O[C@@H](OC=O)[C@@H](O[C@@H]6OC(OC=O)[C@@H](OC)[C@@H](O)C6O)C(O)C5O)[C@H](O)C4O)C(O)C3O)[C@@H](O)C2O)C(O)C1O.O=COC1OC(O)C(O)[C@H](O)[C@@H]1O.O=COC1O[C@@H](O)C(O)[C@@H](O)[C@@H]1O. The molecule has 17 unspecified atom stereocenters. The van der Waals surface area contributed by atoms with Gasteiger partial charge in [0.25, 0.3) is 51.8 Å². The maximum atomic E-state index is 11.7. The van der Waals surface area contributed by atoms with Gasteiger partial charge in [-0.2, -0.15) is 0 Å². The van der Waals surface area contributed by atoms with Crippen LogP contribution >= 0.6 is 0 Å². The third-order valence-electron chi connectivity index (χ3n) is 15.6. The van der Waals surface area contributed by atoms with E-state index in [1.54, 1.807) is 0 Å². The van der Waals surface area contributed by atoms with Crippen molar-refractivity contribution in [2.24, 2.45) is 0 Å². The minimum absolute atomic E-state index is 0. The van der Waals surface area contributed by atoms with Gasteiger partial charge < -0.3 is 211 Å². The smallest absolute Gasteiger partial charge is 0.295 e. The number of rotatable bonds is 28. The van der Waals surface area contributed by atoms with Gasteiger partial charge in [-0.15, -0.1) is 0 Å². The van der Waals surface area contributed by atoms with Crippen molar-refractivity contribution >= 4 is 51.8 Å². The highest BCUT2D eigenvalue weighted by Crippen LogP contribution is 2.38. The Morgan fingerprint density at radius 2 is 0.365 bits per heavy atom. The molecule has 0 saturated carbocycles. The maximum absolute atomic E-state index is 11.7. The van der Waals surface area contributed by atoms with Crippen molar-refractivity contribution in [3.05, 3.63) is 0 Å². The Balaban J connectivity index is 0.000000807. The first-order chi connectivity index (χ1) is 48.0. The predicted octanol–water partition coefficient (Wildman–Crippen LogP) is -16.2. The molecule has 51 nitrogen and oxygen atoms in total. The molecule has 0 bridgehead atoms. The molecule has 40 atom stereocenters. The van der Waals surface area contributed by atoms with Crippen molar-refractivity contribution in [2.45, 2.75) is 269 Å². The zero-order valence-corrected chi connectivity index (χ0v) is 51.3. The fourth-order valence-corrected chi connectivity index (χ4v) is 10.3. The number of methoxy groups -OCH3 is 2. The molecular weight excluding hydrogens is 1450 g/mol. The summed E-state index contributed by atoms with van der Waals surface area (Å²) in [5, 5.41) is 204. The molecule has 0 aromatic carbocycles. The fourth-order valence-electron chi connectivity index (χ4n) is 10.3. The largest absolute Gasteiger partial charge is 0.435 e. The van der Waals surface area contributed by atoms with Gasteiger partial charge in [-0.05, 0) is 0 Å². The molecule has 51 heteroatoms. The minimum atomic E-state index is -2.40. The lowest BCUT2D eigenvalue weighted by Crippen LogP contribution is -2.68. The molecule has 0 radical (unpaired) electrons. The van der Waals surface area contributed by atoms with Crippen LogP contribution in [0.2, 0.25) is 0 Å². The molecule has 604 valence electrons. The van der Waals surface area contributed by atoms with Crippen molar-refractivity contribution < 1.29 is 249 Å². The Morgan fingerprint density at radius 1 is 0.192 bits per heavy atom. The molecule has 8 heterocycles.